The summed E-state index contributed by atoms with van der Waals surface area (Å²) >= 11 is 0. The second kappa shape index (κ2) is 8.91. The van der Waals surface area contributed by atoms with Gasteiger partial charge < -0.3 is 10.4 Å². The van der Waals surface area contributed by atoms with Crippen molar-refractivity contribution in [3.8, 4) is 0 Å². The summed E-state index contributed by atoms with van der Waals surface area (Å²) in [6.45, 7) is 2.39. The third-order valence-corrected chi connectivity index (χ3v) is 3.77. The van der Waals surface area contributed by atoms with Crippen molar-refractivity contribution in [2.45, 2.75) is 32.9 Å². The zero-order chi connectivity index (χ0) is 16.5. The molecule has 0 heterocycles. The minimum absolute atomic E-state index is 0.0159. The van der Waals surface area contributed by atoms with Crippen molar-refractivity contribution in [3.63, 3.8) is 0 Å². The Kier molecular flexibility index (Phi) is 6.57. The van der Waals surface area contributed by atoms with Crippen molar-refractivity contribution < 1.29 is 9.90 Å². The molecule has 0 unspecified atom stereocenters. The lowest BCUT2D eigenvalue weighted by atomic mass is 10.1. The largest absolute Gasteiger partial charge is 0.392 e. The molecule has 3 heteroatoms. The van der Waals surface area contributed by atoms with Crippen LogP contribution in [0.5, 0.6) is 0 Å². The molecule has 2 aromatic rings. The van der Waals surface area contributed by atoms with E-state index in [4.69, 9.17) is 0 Å². The van der Waals surface area contributed by atoms with Crippen molar-refractivity contribution in [2.24, 2.45) is 0 Å². The highest BCUT2D eigenvalue weighted by Crippen LogP contribution is 2.10. The fourth-order valence-electron chi connectivity index (χ4n) is 2.40. The Hall–Kier alpha value is -2.39. The van der Waals surface area contributed by atoms with E-state index in [2.05, 4.69) is 17.4 Å². The summed E-state index contributed by atoms with van der Waals surface area (Å²) in [6.07, 6.45) is 3.46. The monoisotopic (exact) mass is 309 g/mol. The number of allylic oxidation sites excluding steroid dienone is 1. The summed E-state index contributed by atoms with van der Waals surface area (Å²) in [7, 11) is 0. The zero-order valence-corrected chi connectivity index (χ0v) is 13.5. The topological polar surface area (TPSA) is 49.3 Å². The molecular weight excluding hydrogens is 286 g/mol. The first-order valence-electron chi connectivity index (χ1n) is 7.85. The molecule has 1 amide bonds. The molecule has 2 N–H and O–H groups in total. The van der Waals surface area contributed by atoms with Crippen LogP contribution in [0.2, 0.25) is 0 Å². The van der Waals surface area contributed by atoms with E-state index < -0.39 is 0 Å². The molecular formula is C20H23NO2. The molecule has 3 nitrogen and oxygen atoms in total. The molecule has 0 aliphatic rings. The van der Waals surface area contributed by atoms with E-state index in [1.165, 1.54) is 5.56 Å². The summed E-state index contributed by atoms with van der Waals surface area (Å²) in [5.41, 5.74) is 4.12. The second-order valence-electron chi connectivity index (χ2n) is 5.62. The van der Waals surface area contributed by atoms with Crippen LogP contribution >= 0.6 is 0 Å². The lowest BCUT2D eigenvalue weighted by Crippen LogP contribution is -2.21. The van der Waals surface area contributed by atoms with Gasteiger partial charge in [-0.2, -0.15) is 0 Å². The molecule has 2 aromatic carbocycles. The van der Waals surface area contributed by atoms with Crippen molar-refractivity contribution in [3.05, 3.63) is 82.9 Å². The minimum atomic E-state index is -0.0942. The molecule has 0 fully saturated rings. The van der Waals surface area contributed by atoms with Gasteiger partial charge in [-0.15, -0.1) is 0 Å². The lowest BCUT2D eigenvalue weighted by molar-refractivity contribution is -0.116. The average molecular weight is 309 g/mol. The Balaban J connectivity index is 1.83. The standard InChI is InChI=1S/C20H23NO2/c1-16(11-12-17-7-3-2-4-8-17)13-20(23)21-14-18-9-5-6-10-19(18)15-22/h2-10,13,22H,11-12,14-15H2,1H3,(H,21,23)/b16-13-. The molecule has 0 saturated heterocycles. The average Bonchev–Trinajstić information content (AvgIpc) is 2.59. The number of carbonyl (C=O) groups is 1. The van der Waals surface area contributed by atoms with Crippen LogP contribution in [-0.2, 0) is 24.4 Å². The van der Waals surface area contributed by atoms with Crippen LogP contribution in [0, 0.1) is 0 Å². The van der Waals surface area contributed by atoms with Crippen LogP contribution in [0.3, 0.4) is 0 Å². The number of carbonyl (C=O) groups excluding carboxylic acids is 1. The van der Waals surface area contributed by atoms with Gasteiger partial charge >= 0.3 is 0 Å². The van der Waals surface area contributed by atoms with Gasteiger partial charge in [0.05, 0.1) is 6.61 Å². The van der Waals surface area contributed by atoms with Crippen LogP contribution < -0.4 is 5.32 Å². The maximum absolute atomic E-state index is 12.0. The Morgan fingerprint density at radius 2 is 1.70 bits per heavy atom. The smallest absolute Gasteiger partial charge is 0.244 e. The van der Waals surface area contributed by atoms with Gasteiger partial charge in [0.25, 0.3) is 0 Å². The Bertz CT molecular complexity index is 662. The van der Waals surface area contributed by atoms with Gasteiger partial charge in [-0.25, -0.2) is 0 Å². The molecule has 0 aliphatic heterocycles. The highest BCUT2D eigenvalue weighted by molar-refractivity contribution is 5.88. The zero-order valence-electron chi connectivity index (χ0n) is 13.5. The number of aliphatic hydroxyl groups is 1. The Morgan fingerprint density at radius 1 is 1.04 bits per heavy atom. The summed E-state index contributed by atoms with van der Waals surface area (Å²) in [5.74, 6) is -0.0942. The van der Waals surface area contributed by atoms with Gasteiger partial charge in [0, 0.05) is 12.6 Å². The van der Waals surface area contributed by atoms with Gasteiger partial charge in [0.15, 0.2) is 0 Å². The molecule has 0 radical (unpaired) electrons. The molecule has 23 heavy (non-hydrogen) atoms. The summed E-state index contributed by atoms with van der Waals surface area (Å²) < 4.78 is 0. The first-order chi connectivity index (χ1) is 11.2. The summed E-state index contributed by atoms with van der Waals surface area (Å²) in [6, 6.07) is 17.8. The van der Waals surface area contributed by atoms with Crippen molar-refractivity contribution in [1.29, 1.82) is 0 Å². The minimum Gasteiger partial charge on any atom is -0.392 e. The van der Waals surface area contributed by atoms with E-state index in [1.807, 2.05) is 49.4 Å². The fraction of sp³-hybridized carbons (Fsp3) is 0.250. The van der Waals surface area contributed by atoms with E-state index in [0.29, 0.717) is 6.54 Å². The van der Waals surface area contributed by atoms with Crippen LogP contribution in [0.4, 0.5) is 0 Å². The van der Waals surface area contributed by atoms with Crippen molar-refractivity contribution in [2.75, 3.05) is 0 Å². The van der Waals surface area contributed by atoms with E-state index in [-0.39, 0.29) is 12.5 Å². The van der Waals surface area contributed by atoms with E-state index in [1.54, 1.807) is 6.08 Å². The maximum Gasteiger partial charge on any atom is 0.244 e. The van der Waals surface area contributed by atoms with Crippen LogP contribution in [-0.4, -0.2) is 11.0 Å². The molecule has 2 rings (SSSR count). The fourth-order valence-corrected chi connectivity index (χ4v) is 2.40. The molecule has 0 bridgehead atoms. The maximum atomic E-state index is 12.0. The third kappa shape index (κ3) is 5.72. The molecule has 0 saturated carbocycles. The number of amides is 1. The van der Waals surface area contributed by atoms with Gasteiger partial charge in [0.2, 0.25) is 5.91 Å². The van der Waals surface area contributed by atoms with Gasteiger partial charge in [-0.05, 0) is 36.5 Å². The second-order valence-corrected chi connectivity index (χ2v) is 5.62. The summed E-state index contributed by atoms with van der Waals surface area (Å²) in [4.78, 5) is 12.0. The van der Waals surface area contributed by atoms with E-state index in [9.17, 15) is 9.90 Å². The number of aryl methyl sites for hydroxylation is 1. The van der Waals surface area contributed by atoms with Crippen molar-refractivity contribution >= 4 is 5.91 Å². The van der Waals surface area contributed by atoms with E-state index in [0.717, 1.165) is 29.5 Å². The molecule has 120 valence electrons. The van der Waals surface area contributed by atoms with E-state index >= 15 is 0 Å². The highest BCUT2D eigenvalue weighted by atomic mass is 16.3. The normalized spacial score (nSPS) is 11.3. The van der Waals surface area contributed by atoms with Gasteiger partial charge in [-0.1, -0.05) is 60.2 Å². The Morgan fingerprint density at radius 3 is 2.39 bits per heavy atom. The number of benzene rings is 2. The SMILES string of the molecule is C/C(=C/C(=O)NCc1ccccc1CO)CCc1ccccc1. The van der Waals surface area contributed by atoms with Crippen LogP contribution in [0.25, 0.3) is 0 Å². The molecule has 0 spiro atoms. The Labute approximate surface area is 137 Å². The van der Waals surface area contributed by atoms with Crippen LogP contribution in [0.1, 0.15) is 30.0 Å². The number of rotatable bonds is 7. The van der Waals surface area contributed by atoms with Gasteiger partial charge in [-0.3, -0.25) is 4.79 Å². The first-order valence-corrected chi connectivity index (χ1v) is 7.85. The quantitative estimate of drug-likeness (QED) is 0.770. The number of hydrogen-bond acceptors (Lipinski definition) is 2. The predicted molar refractivity (Wildman–Crippen MR) is 92.7 cm³/mol. The first kappa shape index (κ1) is 17.0. The van der Waals surface area contributed by atoms with Gasteiger partial charge in [0.1, 0.15) is 0 Å². The molecule has 0 aromatic heterocycles. The predicted octanol–water partition coefficient (Wildman–Crippen LogP) is 3.37. The lowest BCUT2D eigenvalue weighted by Gasteiger charge is -2.08. The molecule has 0 atom stereocenters. The third-order valence-electron chi connectivity index (χ3n) is 3.77. The molecule has 0 aliphatic carbocycles. The summed E-state index contributed by atoms with van der Waals surface area (Å²) in [5, 5.41) is 12.2. The number of nitrogens with one attached hydrogen (secondary N) is 1. The van der Waals surface area contributed by atoms with Crippen LogP contribution in [0.15, 0.2) is 66.2 Å². The van der Waals surface area contributed by atoms with Crippen molar-refractivity contribution in [1.82, 2.24) is 5.32 Å². The number of hydrogen-bond donors (Lipinski definition) is 2. The number of aliphatic hydroxyl groups excluding tert-OH is 1. The highest BCUT2D eigenvalue weighted by Gasteiger charge is 2.03.